The molecular weight excluding hydrogens is 314 g/mol. The van der Waals surface area contributed by atoms with Crippen LogP contribution in [0.25, 0.3) is 0 Å². The van der Waals surface area contributed by atoms with Crippen LogP contribution in [-0.4, -0.2) is 4.98 Å². The summed E-state index contributed by atoms with van der Waals surface area (Å²) in [7, 11) is 0. The molecule has 0 aliphatic rings. The Morgan fingerprint density at radius 3 is 2.22 bits per heavy atom. The molecule has 0 spiro atoms. The monoisotopic (exact) mass is 315 g/mol. The van der Waals surface area contributed by atoms with Crippen LogP contribution in [0.5, 0.6) is 0 Å². The molecule has 0 amide bonds. The maximum absolute atomic E-state index is 3.37. The number of aromatic nitrogens is 1. The number of hydrogen-bond acceptors (Lipinski definition) is 0. The summed E-state index contributed by atoms with van der Waals surface area (Å²) in [6, 6.07) is 3.91. The van der Waals surface area contributed by atoms with Gasteiger partial charge in [-0.25, -0.2) is 0 Å². The molecule has 1 heterocycles. The van der Waals surface area contributed by atoms with Crippen molar-refractivity contribution in [2.75, 3.05) is 0 Å². The predicted octanol–water partition coefficient (Wildman–Crippen LogP) is 3.31. The maximum Gasteiger partial charge on any atom is 0.174 e. The third-order valence-electron chi connectivity index (χ3n) is 0.903. The van der Waals surface area contributed by atoms with Gasteiger partial charge in [0.15, 0.2) is 2.14 Å². The van der Waals surface area contributed by atoms with E-state index >= 15 is 0 Å². The van der Waals surface area contributed by atoms with Crippen LogP contribution in [0.4, 0.5) is 0 Å². The van der Waals surface area contributed by atoms with Gasteiger partial charge in [0, 0.05) is 6.20 Å². The molecule has 9 heavy (non-hydrogen) atoms. The first-order chi connectivity index (χ1) is 4.11. The molecule has 1 nitrogen and oxygen atoms in total. The van der Waals surface area contributed by atoms with Crippen molar-refractivity contribution in [3.05, 3.63) is 24.0 Å². The minimum absolute atomic E-state index is 0.295. The van der Waals surface area contributed by atoms with Gasteiger partial charge >= 0.3 is 0 Å². The Hall–Kier alpha value is 0.720. The van der Waals surface area contributed by atoms with Gasteiger partial charge in [-0.2, -0.15) is 0 Å². The Bertz CT molecular complexity index is 175. The molecule has 0 saturated carbocycles. The van der Waals surface area contributed by atoms with E-state index in [-0.39, 0.29) is 2.14 Å². The van der Waals surface area contributed by atoms with Crippen LogP contribution in [-0.2, 0) is 2.14 Å². The fourth-order valence-electron chi connectivity index (χ4n) is 0.507. The van der Waals surface area contributed by atoms with Crippen LogP contribution < -0.4 is 0 Å². The number of H-pyrrole nitrogens is 1. The largest absolute Gasteiger partial charge is 0.362 e. The first-order valence-electron chi connectivity index (χ1n) is 2.31. The van der Waals surface area contributed by atoms with E-state index in [2.05, 4.69) is 52.8 Å². The van der Waals surface area contributed by atoms with Crippen molar-refractivity contribution in [3.63, 3.8) is 0 Å². The second-order valence-electron chi connectivity index (χ2n) is 1.58. The van der Waals surface area contributed by atoms with E-state index < -0.39 is 0 Å². The lowest BCUT2D eigenvalue weighted by molar-refractivity contribution is 1.21. The third kappa shape index (κ3) is 2.09. The van der Waals surface area contributed by atoms with Gasteiger partial charge in [0.05, 0.1) is 5.69 Å². The van der Waals surface area contributed by atoms with Gasteiger partial charge in [-0.05, 0) is 12.1 Å². The molecule has 0 fully saturated rings. The van der Waals surface area contributed by atoms with Gasteiger partial charge in [-0.1, -0.05) is 47.8 Å². The van der Waals surface area contributed by atoms with Crippen LogP contribution >= 0.6 is 47.8 Å². The average Bonchev–Trinajstić information content (AvgIpc) is 2.08. The summed E-state index contributed by atoms with van der Waals surface area (Å²) in [6.45, 7) is 0. The quantitative estimate of drug-likeness (QED) is 0.707. The Balaban J connectivity index is 2.90. The van der Waals surface area contributed by atoms with Gasteiger partial charge in [0.1, 0.15) is 0 Å². The highest BCUT2D eigenvalue weighted by Gasteiger charge is 2.20. The van der Waals surface area contributed by atoms with Crippen LogP contribution in [0.1, 0.15) is 5.69 Å². The molecule has 4 heteroatoms. The second-order valence-corrected chi connectivity index (χ2v) is 8.34. The Labute approximate surface area is 78.6 Å². The summed E-state index contributed by atoms with van der Waals surface area (Å²) >= 11 is 10.1. The minimum atomic E-state index is -0.295. The summed E-state index contributed by atoms with van der Waals surface area (Å²) in [5.41, 5.74) is 1.04. The first kappa shape index (κ1) is 7.82. The number of halogens is 3. The van der Waals surface area contributed by atoms with Gasteiger partial charge in [-0.3, -0.25) is 0 Å². The summed E-state index contributed by atoms with van der Waals surface area (Å²) in [6.07, 6.45) is 1.87. The molecule has 0 aromatic carbocycles. The Morgan fingerprint density at radius 2 is 2.00 bits per heavy atom. The fourth-order valence-corrected chi connectivity index (χ4v) is 1.25. The number of hydrogen-bond donors (Lipinski definition) is 1. The average molecular weight is 318 g/mol. The topological polar surface area (TPSA) is 15.8 Å². The van der Waals surface area contributed by atoms with Gasteiger partial charge in [-0.15, -0.1) is 0 Å². The summed E-state index contributed by atoms with van der Waals surface area (Å²) < 4.78 is -0.295. The zero-order valence-corrected chi connectivity index (χ0v) is 9.12. The molecule has 1 aromatic rings. The summed E-state index contributed by atoms with van der Waals surface area (Å²) in [4.78, 5) is 3.04. The Morgan fingerprint density at radius 1 is 1.33 bits per heavy atom. The number of alkyl halides is 3. The normalized spacial score (nSPS) is 11.9. The standard InChI is InChI=1S/C5H4Br3N/c6-5(7,8)4-2-1-3-9-4/h1-3,9H. The zero-order chi connectivity index (χ0) is 6.91. The number of nitrogens with one attached hydrogen (secondary N) is 1. The van der Waals surface area contributed by atoms with E-state index in [1.54, 1.807) is 0 Å². The van der Waals surface area contributed by atoms with Crippen molar-refractivity contribution in [1.29, 1.82) is 0 Å². The molecule has 0 bridgehead atoms. The second kappa shape index (κ2) is 2.76. The van der Waals surface area contributed by atoms with Gasteiger partial charge in [0.2, 0.25) is 0 Å². The molecule has 0 radical (unpaired) electrons. The molecule has 1 N–H and O–H groups in total. The molecule has 0 saturated heterocycles. The van der Waals surface area contributed by atoms with E-state index in [9.17, 15) is 0 Å². The van der Waals surface area contributed by atoms with Crippen molar-refractivity contribution >= 4 is 47.8 Å². The minimum Gasteiger partial charge on any atom is -0.362 e. The van der Waals surface area contributed by atoms with Crippen LogP contribution in [0, 0.1) is 0 Å². The van der Waals surface area contributed by atoms with Crippen molar-refractivity contribution < 1.29 is 0 Å². The predicted molar refractivity (Wildman–Crippen MR) is 49.3 cm³/mol. The van der Waals surface area contributed by atoms with Crippen molar-refractivity contribution in [2.24, 2.45) is 0 Å². The third-order valence-corrected chi connectivity index (χ3v) is 2.18. The molecule has 0 unspecified atom stereocenters. The van der Waals surface area contributed by atoms with Crippen LogP contribution in [0.3, 0.4) is 0 Å². The molecule has 1 rings (SSSR count). The van der Waals surface area contributed by atoms with Crippen LogP contribution in [0.15, 0.2) is 18.3 Å². The molecular formula is C5H4Br3N. The Kier molecular flexibility index (Phi) is 2.40. The lowest BCUT2D eigenvalue weighted by Gasteiger charge is -2.07. The first-order valence-corrected chi connectivity index (χ1v) is 4.69. The lowest BCUT2D eigenvalue weighted by Crippen LogP contribution is -1.96. The highest BCUT2D eigenvalue weighted by atomic mass is 80.0. The molecule has 0 aliphatic heterocycles. The molecule has 0 atom stereocenters. The molecule has 1 aromatic heterocycles. The summed E-state index contributed by atoms with van der Waals surface area (Å²) in [5, 5.41) is 0. The molecule has 0 aliphatic carbocycles. The maximum atomic E-state index is 3.37. The van der Waals surface area contributed by atoms with E-state index in [4.69, 9.17) is 0 Å². The molecule has 50 valence electrons. The van der Waals surface area contributed by atoms with E-state index in [1.807, 2.05) is 18.3 Å². The summed E-state index contributed by atoms with van der Waals surface area (Å²) in [5.74, 6) is 0. The van der Waals surface area contributed by atoms with E-state index in [0.717, 1.165) is 5.69 Å². The SMILES string of the molecule is BrC(Br)(Br)c1ccc[nH]1. The zero-order valence-electron chi connectivity index (χ0n) is 4.37. The highest BCUT2D eigenvalue weighted by molar-refractivity contribution is 9.38. The van der Waals surface area contributed by atoms with E-state index in [0.29, 0.717) is 0 Å². The van der Waals surface area contributed by atoms with Gasteiger partial charge in [0.25, 0.3) is 0 Å². The fraction of sp³-hybridized carbons (Fsp3) is 0.200. The van der Waals surface area contributed by atoms with Crippen LogP contribution in [0.2, 0.25) is 0 Å². The number of rotatable bonds is 0. The van der Waals surface area contributed by atoms with Crippen molar-refractivity contribution in [1.82, 2.24) is 4.98 Å². The number of aromatic amines is 1. The highest BCUT2D eigenvalue weighted by Crippen LogP contribution is 2.43. The van der Waals surface area contributed by atoms with Crippen molar-refractivity contribution in [3.8, 4) is 0 Å². The van der Waals surface area contributed by atoms with Crippen molar-refractivity contribution in [2.45, 2.75) is 2.14 Å². The van der Waals surface area contributed by atoms with E-state index in [1.165, 1.54) is 0 Å². The lowest BCUT2D eigenvalue weighted by atomic mass is 10.5. The van der Waals surface area contributed by atoms with Gasteiger partial charge < -0.3 is 4.98 Å². The smallest absolute Gasteiger partial charge is 0.174 e.